The van der Waals surface area contributed by atoms with Crippen molar-refractivity contribution in [1.29, 1.82) is 0 Å². The molecule has 1 aromatic heterocycles. The minimum absolute atomic E-state index is 0.136. The Balaban J connectivity index is 1.83. The largest absolute Gasteiger partial charge is 0.492 e. The summed E-state index contributed by atoms with van der Waals surface area (Å²) in [5.41, 5.74) is 2.50. The first-order chi connectivity index (χ1) is 11.7. The monoisotopic (exact) mass is 346 g/mol. The van der Waals surface area contributed by atoms with E-state index in [1.54, 1.807) is 0 Å². The van der Waals surface area contributed by atoms with Crippen molar-refractivity contribution in [1.82, 2.24) is 10.2 Å². The number of hydrogen-bond donors (Lipinski definition) is 1. The van der Waals surface area contributed by atoms with E-state index in [-0.39, 0.29) is 11.9 Å². The van der Waals surface area contributed by atoms with Gasteiger partial charge in [0.1, 0.15) is 10.6 Å². The number of allylic oxidation sites excluding steroid dienone is 2. The normalized spacial score (nSPS) is 20.7. The number of rotatable bonds is 7. The van der Waals surface area contributed by atoms with Gasteiger partial charge >= 0.3 is 0 Å². The van der Waals surface area contributed by atoms with E-state index >= 15 is 0 Å². The fourth-order valence-electron chi connectivity index (χ4n) is 3.50. The van der Waals surface area contributed by atoms with Gasteiger partial charge in [-0.15, -0.1) is 11.3 Å². The molecule has 1 saturated carbocycles. The highest BCUT2D eigenvalue weighted by molar-refractivity contribution is 7.12. The third kappa shape index (κ3) is 3.36. The van der Waals surface area contributed by atoms with Gasteiger partial charge in [-0.05, 0) is 56.0 Å². The van der Waals surface area contributed by atoms with Crippen molar-refractivity contribution in [3.8, 4) is 5.75 Å². The number of nitrogens with zero attached hydrogens (tertiary/aromatic N) is 1. The van der Waals surface area contributed by atoms with E-state index in [2.05, 4.69) is 16.8 Å². The molecule has 130 valence electrons. The highest BCUT2D eigenvalue weighted by Gasteiger charge is 2.40. The first-order valence-electron chi connectivity index (χ1n) is 8.74. The van der Waals surface area contributed by atoms with E-state index in [1.807, 2.05) is 31.5 Å². The molecule has 3 rings (SSSR count). The van der Waals surface area contributed by atoms with Crippen LogP contribution in [0.2, 0.25) is 0 Å². The molecule has 2 aliphatic carbocycles. The molecule has 0 radical (unpaired) electrons. The van der Waals surface area contributed by atoms with Gasteiger partial charge in [0.15, 0.2) is 0 Å². The van der Waals surface area contributed by atoms with Crippen molar-refractivity contribution in [2.75, 3.05) is 13.7 Å². The lowest BCUT2D eigenvalue weighted by molar-refractivity contribution is 0.0645. The van der Waals surface area contributed by atoms with Crippen LogP contribution in [-0.4, -0.2) is 36.5 Å². The van der Waals surface area contributed by atoms with Gasteiger partial charge in [-0.2, -0.15) is 0 Å². The molecule has 2 aliphatic rings. The second-order valence-corrected chi connectivity index (χ2v) is 7.26. The summed E-state index contributed by atoms with van der Waals surface area (Å²) in [6.45, 7) is 6.48. The molecule has 0 aliphatic heterocycles. The van der Waals surface area contributed by atoms with Crippen molar-refractivity contribution in [2.24, 2.45) is 0 Å². The Labute approximate surface area is 148 Å². The number of nitrogens with one attached hydrogen (secondary N) is 1. The zero-order valence-electron chi connectivity index (χ0n) is 14.5. The first kappa shape index (κ1) is 17.1. The summed E-state index contributed by atoms with van der Waals surface area (Å²) in [4.78, 5) is 16.1. The van der Waals surface area contributed by atoms with Crippen LogP contribution in [0.1, 0.15) is 48.7 Å². The Morgan fingerprint density at radius 2 is 2.25 bits per heavy atom. The van der Waals surface area contributed by atoms with Crippen molar-refractivity contribution in [2.45, 2.75) is 51.1 Å². The van der Waals surface area contributed by atoms with Crippen LogP contribution in [0, 0.1) is 0 Å². The van der Waals surface area contributed by atoms with Crippen LogP contribution < -0.4 is 10.1 Å². The molecule has 0 bridgehead atoms. The highest BCUT2D eigenvalue weighted by Crippen LogP contribution is 2.38. The number of carbonyl (C=O) groups excluding carboxylic acids is 1. The maximum atomic E-state index is 13.2. The smallest absolute Gasteiger partial charge is 0.268 e. The fourth-order valence-corrected chi connectivity index (χ4v) is 4.28. The molecule has 5 heteroatoms. The zero-order chi connectivity index (χ0) is 17.1. The SMILES string of the molecule is C=CC1=C(NC)CCC(N(C(=O)c2sccc2OCC)C2CC2)C1. The van der Waals surface area contributed by atoms with E-state index in [0.29, 0.717) is 12.6 Å². The Bertz CT molecular complexity index is 646. The van der Waals surface area contributed by atoms with E-state index in [9.17, 15) is 4.79 Å². The van der Waals surface area contributed by atoms with Gasteiger partial charge in [0.05, 0.1) is 6.61 Å². The van der Waals surface area contributed by atoms with Gasteiger partial charge in [-0.25, -0.2) is 0 Å². The van der Waals surface area contributed by atoms with E-state index in [0.717, 1.165) is 42.7 Å². The molecule has 1 unspecified atom stereocenters. The Morgan fingerprint density at radius 1 is 1.46 bits per heavy atom. The maximum Gasteiger partial charge on any atom is 0.268 e. The lowest BCUT2D eigenvalue weighted by Gasteiger charge is -2.36. The van der Waals surface area contributed by atoms with Gasteiger partial charge in [-0.3, -0.25) is 4.79 Å². The third-order valence-corrected chi connectivity index (χ3v) is 5.69. The quantitative estimate of drug-likeness (QED) is 0.812. The summed E-state index contributed by atoms with van der Waals surface area (Å²) in [5.74, 6) is 0.863. The van der Waals surface area contributed by atoms with Crippen molar-refractivity contribution < 1.29 is 9.53 Å². The minimum atomic E-state index is 0.136. The van der Waals surface area contributed by atoms with Crippen molar-refractivity contribution in [3.63, 3.8) is 0 Å². The number of ether oxygens (including phenoxy) is 1. The Hall–Kier alpha value is -1.75. The summed E-state index contributed by atoms with van der Waals surface area (Å²) in [7, 11) is 1.96. The van der Waals surface area contributed by atoms with Gasteiger partial charge in [0.25, 0.3) is 5.91 Å². The van der Waals surface area contributed by atoms with Crippen LogP contribution in [-0.2, 0) is 0 Å². The van der Waals surface area contributed by atoms with E-state index in [1.165, 1.54) is 22.6 Å². The van der Waals surface area contributed by atoms with Gasteiger partial charge in [0.2, 0.25) is 0 Å². The molecule has 1 atom stereocenters. The number of carbonyl (C=O) groups is 1. The molecule has 1 heterocycles. The molecule has 0 saturated heterocycles. The summed E-state index contributed by atoms with van der Waals surface area (Å²) in [5, 5.41) is 5.22. The van der Waals surface area contributed by atoms with Crippen LogP contribution in [0.25, 0.3) is 0 Å². The van der Waals surface area contributed by atoms with Gasteiger partial charge in [0, 0.05) is 24.8 Å². The lowest BCUT2D eigenvalue weighted by Crippen LogP contribution is -2.43. The zero-order valence-corrected chi connectivity index (χ0v) is 15.3. The van der Waals surface area contributed by atoms with Crippen LogP contribution in [0.4, 0.5) is 0 Å². The predicted molar refractivity (Wildman–Crippen MR) is 98.6 cm³/mol. The summed E-state index contributed by atoms with van der Waals surface area (Å²) in [6.07, 6.45) is 7.03. The molecule has 1 amide bonds. The fraction of sp³-hybridized carbons (Fsp3) is 0.526. The third-order valence-electron chi connectivity index (χ3n) is 4.81. The Morgan fingerprint density at radius 3 is 2.88 bits per heavy atom. The predicted octanol–water partition coefficient (Wildman–Crippen LogP) is 3.96. The second kappa shape index (κ2) is 7.43. The van der Waals surface area contributed by atoms with Crippen LogP contribution >= 0.6 is 11.3 Å². The molecule has 1 aromatic rings. The minimum Gasteiger partial charge on any atom is -0.492 e. The molecular weight excluding hydrogens is 320 g/mol. The molecule has 4 nitrogen and oxygen atoms in total. The molecule has 1 fully saturated rings. The lowest BCUT2D eigenvalue weighted by atomic mass is 9.90. The molecule has 24 heavy (non-hydrogen) atoms. The molecular formula is C19H26N2O2S. The van der Waals surface area contributed by atoms with Crippen molar-refractivity contribution in [3.05, 3.63) is 40.2 Å². The summed E-state index contributed by atoms with van der Waals surface area (Å²) < 4.78 is 5.64. The molecule has 1 N–H and O–H groups in total. The van der Waals surface area contributed by atoms with Crippen LogP contribution in [0.15, 0.2) is 35.4 Å². The summed E-state index contributed by atoms with van der Waals surface area (Å²) in [6, 6.07) is 2.55. The van der Waals surface area contributed by atoms with E-state index in [4.69, 9.17) is 4.74 Å². The molecule has 0 aromatic carbocycles. The first-order valence-corrected chi connectivity index (χ1v) is 9.62. The second-order valence-electron chi connectivity index (χ2n) is 6.35. The summed E-state index contributed by atoms with van der Waals surface area (Å²) >= 11 is 1.49. The van der Waals surface area contributed by atoms with Crippen molar-refractivity contribution >= 4 is 17.2 Å². The van der Waals surface area contributed by atoms with E-state index < -0.39 is 0 Å². The van der Waals surface area contributed by atoms with Gasteiger partial charge in [-0.1, -0.05) is 12.7 Å². The highest BCUT2D eigenvalue weighted by atomic mass is 32.1. The number of thiophene rings is 1. The molecule has 0 spiro atoms. The number of hydrogen-bond acceptors (Lipinski definition) is 4. The van der Waals surface area contributed by atoms with Crippen LogP contribution in [0.3, 0.4) is 0 Å². The average molecular weight is 346 g/mol. The maximum absolute atomic E-state index is 13.2. The topological polar surface area (TPSA) is 41.6 Å². The average Bonchev–Trinajstić information content (AvgIpc) is 3.32. The number of amides is 1. The standard InChI is InChI=1S/C19H26N2O2S/c1-4-13-12-15(8-9-16(13)20-3)21(14-6-7-14)19(22)18-17(23-5-2)10-11-24-18/h4,10-11,14-15,20H,1,5-9,12H2,2-3H3. The van der Waals surface area contributed by atoms with Crippen LogP contribution in [0.5, 0.6) is 5.75 Å². The Kier molecular flexibility index (Phi) is 5.29. The van der Waals surface area contributed by atoms with Gasteiger partial charge < -0.3 is 15.0 Å².